The van der Waals surface area contributed by atoms with E-state index in [0.717, 1.165) is 36.8 Å². The van der Waals surface area contributed by atoms with Gasteiger partial charge in [0.1, 0.15) is 0 Å². The zero-order chi connectivity index (χ0) is 20.4. The highest BCUT2D eigenvalue weighted by molar-refractivity contribution is 6.03. The summed E-state index contributed by atoms with van der Waals surface area (Å²) in [7, 11) is 0. The number of nitrogens with zero attached hydrogens (tertiary/aromatic N) is 1. The molecular formula is C24H23NO4. The van der Waals surface area contributed by atoms with Crippen LogP contribution in [-0.2, 0) is 4.79 Å². The molecule has 3 aromatic rings. The maximum atomic E-state index is 11.4. The first-order valence-corrected chi connectivity index (χ1v) is 9.95. The third kappa shape index (κ3) is 4.14. The Morgan fingerprint density at radius 1 is 0.897 bits per heavy atom. The van der Waals surface area contributed by atoms with E-state index in [1.54, 1.807) is 0 Å². The summed E-state index contributed by atoms with van der Waals surface area (Å²) in [6.07, 6.45) is 5.83. The molecule has 1 heterocycles. The second-order valence-corrected chi connectivity index (χ2v) is 7.83. The number of hydrogen-bond acceptors (Lipinski definition) is 3. The average Bonchev–Trinajstić information content (AvgIpc) is 2.73. The largest absolute Gasteiger partial charge is 0.481 e. The van der Waals surface area contributed by atoms with Crippen molar-refractivity contribution in [2.24, 2.45) is 5.92 Å². The van der Waals surface area contributed by atoms with Crippen molar-refractivity contribution in [2.45, 2.75) is 38.0 Å². The fourth-order valence-electron chi connectivity index (χ4n) is 4.41. The molecule has 148 valence electrons. The van der Waals surface area contributed by atoms with Crippen molar-refractivity contribution in [3.8, 4) is 11.1 Å². The van der Waals surface area contributed by atoms with Crippen molar-refractivity contribution in [3.63, 3.8) is 0 Å². The highest BCUT2D eigenvalue weighted by Gasteiger charge is 2.24. The number of carboxylic acid groups (broad SMARTS) is 2. The number of rotatable bonds is 5. The van der Waals surface area contributed by atoms with Gasteiger partial charge in [0.2, 0.25) is 0 Å². The first-order valence-electron chi connectivity index (χ1n) is 9.95. The predicted octanol–water partition coefficient (Wildman–Crippen LogP) is 5.35. The van der Waals surface area contributed by atoms with Crippen LogP contribution in [0.5, 0.6) is 0 Å². The van der Waals surface area contributed by atoms with Gasteiger partial charge in [0, 0.05) is 18.0 Å². The smallest absolute Gasteiger partial charge is 0.336 e. The molecule has 0 radical (unpaired) electrons. The van der Waals surface area contributed by atoms with Crippen LogP contribution in [0.15, 0.2) is 54.7 Å². The number of aromatic carboxylic acids is 1. The SMILES string of the molecule is O=C(O)C[C@H]1CC[C@H](c2ccc(-c3ccc4c(C(=O)O)ccnc4c3)cc2)CC1. The van der Waals surface area contributed by atoms with Gasteiger partial charge in [-0.15, -0.1) is 0 Å². The van der Waals surface area contributed by atoms with E-state index in [4.69, 9.17) is 5.11 Å². The molecule has 2 N–H and O–H groups in total. The molecule has 1 saturated carbocycles. The molecule has 2 aromatic carbocycles. The number of aliphatic carboxylic acids is 1. The number of aromatic nitrogens is 1. The van der Waals surface area contributed by atoms with Crippen LogP contribution >= 0.6 is 0 Å². The molecule has 1 aliphatic rings. The lowest BCUT2D eigenvalue weighted by Gasteiger charge is -2.28. The predicted molar refractivity (Wildman–Crippen MR) is 111 cm³/mol. The summed E-state index contributed by atoms with van der Waals surface area (Å²) in [6.45, 7) is 0. The van der Waals surface area contributed by atoms with Crippen molar-refractivity contribution in [2.75, 3.05) is 0 Å². The van der Waals surface area contributed by atoms with Gasteiger partial charge in [0.15, 0.2) is 0 Å². The summed E-state index contributed by atoms with van der Waals surface area (Å²) in [5, 5.41) is 18.9. The molecule has 0 spiro atoms. The Hall–Kier alpha value is -3.21. The van der Waals surface area contributed by atoms with E-state index in [0.29, 0.717) is 22.7 Å². The molecule has 29 heavy (non-hydrogen) atoms. The van der Waals surface area contributed by atoms with Crippen molar-refractivity contribution < 1.29 is 19.8 Å². The average molecular weight is 389 g/mol. The molecule has 1 fully saturated rings. The molecule has 0 unspecified atom stereocenters. The van der Waals surface area contributed by atoms with E-state index in [2.05, 4.69) is 29.2 Å². The highest BCUT2D eigenvalue weighted by atomic mass is 16.4. The minimum atomic E-state index is -0.951. The van der Waals surface area contributed by atoms with E-state index in [9.17, 15) is 14.7 Å². The van der Waals surface area contributed by atoms with Gasteiger partial charge in [-0.2, -0.15) is 0 Å². The van der Waals surface area contributed by atoms with Gasteiger partial charge in [-0.25, -0.2) is 4.79 Å². The summed E-state index contributed by atoms with van der Waals surface area (Å²) in [6, 6.07) is 15.7. The van der Waals surface area contributed by atoms with Crippen molar-refractivity contribution in [1.82, 2.24) is 4.98 Å². The number of carboxylic acids is 2. The minimum Gasteiger partial charge on any atom is -0.481 e. The van der Waals surface area contributed by atoms with Gasteiger partial charge in [-0.05, 0) is 66.3 Å². The van der Waals surface area contributed by atoms with Crippen LogP contribution in [0.3, 0.4) is 0 Å². The number of fused-ring (bicyclic) bond motifs is 1. The number of hydrogen-bond donors (Lipinski definition) is 2. The van der Waals surface area contributed by atoms with Crippen LogP contribution in [-0.4, -0.2) is 27.1 Å². The molecule has 0 aliphatic heterocycles. The van der Waals surface area contributed by atoms with Crippen molar-refractivity contribution in [1.29, 1.82) is 0 Å². The molecular weight excluding hydrogens is 366 g/mol. The van der Waals surface area contributed by atoms with Gasteiger partial charge >= 0.3 is 11.9 Å². The zero-order valence-electron chi connectivity index (χ0n) is 16.0. The molecule has 0 bridgehead atoms. The van der Waals surface area contributed by atoms with Crippen LogP contribution in [0.1, 0.15) is 53.9 Å². The summed E-state index contributed by atoms with van der Waals surface area (Å²) in [4.78, 5) is 26.6. The van der Waals surface area contributed by atoms with Crippen LogP contribution < -0.4 is 0 Å². The lowest BCUT2D eigenvalue weighted by atomic mass is 9.77. The van der Waals surface area contributed by atoms with Gasteiger partial charge in [-0.1, -0.05) is 36.4 Å². The minimum absolute atomic E-state index is 0.260. The van der Waals surface area contributed by atoms with E-state index in [1.807, 2.05) is 18.2 Å². The van der Waals surface area contributed by atoms with E-state index < -0.39 is 11.9 Å². The number of benzene rings is 2. The quantitative estimate of drug-likeness (QED) is 0.614. The Morgan fingerprint density at radius 3 is 2.24 bits per heavy atom. The fraction of sp³-hybridized carbons (Fsp3) is 0.292. The fourth-order valence-corrected chi connectivity index (χ4v) is 4.41. The van der Waals surface area contributed by atoms with Crippen LogP contribution in [0, 0.1) is 5.92 Å². The van der Waals surface area contributed by atoms with Gasteiger partial charge in [0.05, 0.1) is 11.1 Å². The molecule has 1 aromatic heterocycles. The van der Waals surface area contributed by atoms with Crippen molar-refractivity contribution in [3.05, 3.63) is 65.9 Å². The number of pyridine rings is 1. The summed E-state index contributed by atoms with van der Waals surface area (Å²) in [5.41, 5.74) is 4.30. The van der Waals surface area contributed by atoms with E-state index in [-0.39, 0.29) is 12.0 Å². The Morgan fingerprint density at radius 2 is 1.59 bits per heavy atom. The summed E-state index contributed by atoms with van der Waals surface area (Å²) < 4.78 is 0. The first kappa shape index (κ1) is 19.1. The normalized spacial score (nSPS) is 19.2. The summed E-state index contributed by atoms with van der Waals surface area (Å²) in [5.74, 6) is -0.847. The monoisotopic (exact) mass is 389 g/mol. The summed E-state index contributed by atoms with van der Waals surface area (Å²) >= 11 is 0. The van der Waals surface area contributed by atoms with Crippen molar-refractivity contribution >= 4 is 22.8 Å². The highest BCUT2D eigenvalue weighted by Crippen LogP contribution is 2.37. The third-order valence-corrected chi connectivity index (χ3v) is 6.00. The molecule has 1 aliphatic carbocycles. The zero-order valence-corrected chi connectivity index (χ0v) is 16.0. The second-order valence-electron chi connectivity index (χ2n) is 7.83. The molecule has 0 amide bonds. The van der Waals surface area contributed by atoms with Crippen LogP contribution in [0.25, 0.3) is 22.0 Å². The van der Waals surface area contributed by atoms with E-state index >= 15 is 0 Å². The van der Waals surface area contributed by atoms with Gasteiger partial charge in [-0.3, -0.25) is 9.78 Å². The molecule has 4 rings (SSSR count). The van der Waals surface area contributed by atoms with E-state index in [1.165, 1.54) is 17.8 Å². The molecule has 5 nitrogen and oxygen atoms in total. The number of carbonyl (C=O) groups is 2. The molecule has 0 saturated heterocycles. The molecule has 5 heteroatoms. The first-order chi connectivity index (χ1) is 14.0. The second kappa shape index (κ2) is 8.03. The van der Waals surface area contributed by atoms with Crippen LogP contribution in [0.4, 0.5) is 0 Å². The van der Waals surface area contributed by atoms with Gasteiger partial charge < -0.3 is 10.2 Å². The Kier molecular flexibility index (Phi) is 5.30. The lowest BCUT2D eigenvalue weighted by molar-refractivity contribution is -0.138. The maximum Gasteiger partial charge on any atom is 0.336 e. The van der Waals surface area contributed by atoms with Crippen LogP contribution in [0.2, 0.25) is 0 Å². The third-order valence-electron chi connectivity index (χ3n) is 6.00. The lowest BCUT2D eigenvalue weighted by Crippen LogP contribution is -2.16. The maximum absolute atomic E-state index is 11.4. The van der Waals surface area contributed by atoms with Gasteiger partial charge in [0.25, 0.3) is 0 Å². The topological polar surface area (TPSA) is 87.5 Å². The Labute approximate surface area is 169 Å². The standard InChI is InChI=1S/C24H23NO4/c26-23(27)13-15-1-3-16(4-2-15)17-5-7-18(8-6-17)19-9-10-20-21(24(28)29)11-12-25-22(20)14-19/h5-12,14-16H,1-4,13H2,(H,26,27)(H,28,29)/t15-,16-. The Balaban J connectivity index is 1.51. The molecule has 0 atom stereocenters. The Bertz CT molecular complexity index is 1050.